The van der Waals surface area contributed by atoms with Crippen molar-refractivity contribution in [1.82, 2.24) is 4.98 Å². The summed E-state index contributed by atoms with van der Waals surface area (Å²) in [6, 6.07) is 8.11. The van der Waals surface area contributed by atoms with Crippen LogP contribution in [0.25, 0.3) is 10.9 Å². The molecule has 1 aliphatic carbocycles. The highest BCUT2D eigenvalue weighted by Gasteiger charge is 2.27. The molecule has 0 saturated heterocycles. The number of benzene rings is 1. The Morgan fingerprint density at radius 1 is 1.21 bits per heavy atom. The molecule has 0 N–H and O–H groups in total. The van der Waals surface area contributed by atoms with Gasteiger partial charge < -0.3 is 4.74 Å². The highest BCUT2D eigenvalue weighted by molar-refractivity contribution is 6.01. The summed E-state index contributed by atoms with van der Waals surface area (Å²) in [5.41, 5.74) is 4.13. The number of ether oxygens (including phenoxy) is 1. The molecular weight excluding hydrogens is 298 g/mol. The van der Waals surface area contributed by atoms with Gasteiger partial charge in [0, 0.05) is 29.7 Å². The van der Waals surface area contributed by atoms with Crippen LogP contribution >= 0.6 is 0 Å². The number of methoxy groups -OCH3 is 1. The number of ketones is 1. The summed E-state index contributed by atoms with van der Waals surface area (Å²) in [5.74, 6) is 0.419. The number of pyridine rings is 1. The number of aryl methyl sites for hydroxylation is 2. The molecule has 1 fully saturated rings. The Kier molecular flexibility index (Phi) is 6.11. The van der Waals surface area contributed by atoms with Gasteiger partial charge in [0.1, 0.15) is 0 Å². The molecule has 0 unspecified atom stereocenters. The summed E-state index contributed by atoms with van der Waals surface area (Å²) in [6.07, 6.45) is 5.13. The third kappa shape index (κ3) is 3.67. The molecule has 1 saturated carbocycles. The van der Waals surface area contributed by atoms with E-state index in [1.54, 1.807) is 7.11 Å². The lowest BCUT2D eigenvalue weighted by molar-refractivity contribution is 0.0519. The molecule has 130 valence electrons. The molecule has 0 aliphatic heterocycles. The van der Waals surface area contributed by atoms with Crippen LogP contribution in [0.5, 0.6) is 0 Å². The SMILES string of the molecule is C.CCc1cc2cc(C(=O)C3CCC(OC)CC3)ccc2nc1C. The monoisotopic (exact) mass is 327 g/mol. The van der Waals surface area contributed by atoms with Gasteiger partial charge in [-0.05, 0) is 68.9 Å². The number of fused-ring (bicyclic) bond motifs is 1. The number of aromatic nitrogens is 1. The van der Waals surface area contributed by atoms with Crippen molar-refractivity contribution in [3.05, 3.63) is 41.1 Å². The fourth-order valence-corrected chi connectivity index (χ4v) is 3.62. The second-order valence-electron chi connectivity index (χ2n) is 6.57. The number of rotatable bonds is 4. The standard InChI is InChI=1S/C20H25NO2.CH4/c1-4-14-11-17-12-16(7-10-19(17)21-13(14)2)20(22)15-5-8-18(23-3)9-6-15;/h7,10-12,15,18H,4-6,8-9H2,1-3H3;1H4. The highest BCUT2D eigenvalue weighted by Crippen LogP contribution is 2.29. The topological polar surface area (TPSA) is 39.2 Å². The third-order valence-electron chi connectivity index (χ3n) is 5.15. The first-order chi connectivity index (χ1) is 11.1. The average Bonchev–Trinajstić information content (AvgIpc) is 2.60. The Hall–Kier alpha value is -1.74. The van der Waals surface area contributed by atoms with E-state index >= 15 is 0 Å². The zero-order chi connectivity index (χ0) is 16.4. The van der Waals surface area contributed by atoms with Crippen LogP contribution in [-0.4, -0.2) is 24.0 Å². The molecule has 2 aromatic rings. The van der Waals surface area contributed by atoms with E-state index in [1.807, 2.05) is 25.1 Å². The molecule has 3 heteroatoms. The van der Waals surface area contributed by atoms with Gasteiger partial charge in [-0.15, -0.1) is 0 Å². The van der Waals surface area contributed by atoms with Crippen LogP contribution < -0.4 is 0 Å². The predicted octanol–water partition coefficient (Wildman–Crippen LogP) is 5.13. The smallest absolute Gasteiger partial charge is 0.165 e. The van der Waals surface area contributed by atoms with Crippen LogP contribution in [-0.2, 0) is 11.2 Å². The average molecular weight is 327 g/mol. The van der Waals surface area contributed by atoms with Gasteiger partial charge in [0.05, 0.1) is 11.6 Å². The molecule has 3 rings (SSSR count). The van der Waals surface area contributed by atoms with Crippen molar-refractivity contribution in [2.75, 3.05) is 7.11 Å². The lowest BCUT2D eigenvalue weighted by atomic mass is 9.82. The minimum absolute atomic E-state index is 0. The number of carbonyl (C=O) groups is 1. The Labute approximate surface area is 145 Å². The van der Waals surface area contributed by atoms with E-state index < -0.39 is 0 Å². The van der Waals surface area contributed by atoms with Crippen molar-refractivity contribution in [2.24, 2.45) is 5.92 Å². The Balaban J connectivity index is 0.00000208. The summed E-state index contributed by atoms with van der Waals surface area (Å²) in [7, 11) is 1.76. The van der Waals surface area contributed by atoms with E-state index in [0.29, 0.717) is 6.10 Å². The predicted molar refractivity (Wildman–Crippen MR) is 99.7 cm³/mol. The molecule has 0 amide bonds. The minimum Gasteiger partial charge on any atom is -0.381 e. The van der Waals surface area contributed by atoms with Crippen LogP contribution in [0.15, 0.2) is 24.3 Å². The van der Waals surface area contributed by atoms with Gasteiger partial charge in [0.15, 0.2) is 5.78 Å². The molecule has 1 aromatic heterocycles. The Morgan fingerprint density at radius 3 is 2.54 bits per heavy atom. The van der Waals surface area contributed by atoms with Crippen molar-refractivity contribution >= 4 is 16.7 Å². The lowest BCUT2D eigenvalue weighted by Gasteiger charge is -2.26. The van der Waals surface area contributed by atoms with Gasteiger partial charge >= 0.3 is 0 Å². The third-order valence-corrected chi connectivity index (χ3v) is 5.15. The molecule has 0 bridgehead atoms. The van der Waals surface area contributed by atoms with Gasteiger partial charge in [-0.2, -0.15) is 0 Å². The van der Waals surface area contributed by atoms with Gasteiger partial charge in [0.2, 0.25) is 0 Å². The fraction of sp³-hybridized carbons (Fsp3) is 0.524. The van der Waals surface area contributed by atoms with Crippen LogP contribution in [0.4, 0.5) is 0 Å². The first kappa shape index (κ1) is 18.6. The summed E-state index contributed by atoms with van der Waals surface area (Å²) in [6.45, 7) is 4.19. The fourth-order valence-electron chi connectivity index (χ4n) is 3.62. The second kappa shape index (κ2) is 7.89. The molecule has 0 spiro atoms. The Morgan fingerprint density at radius 2 is 1.92 bits per heavy atom. The van der Waals surface area contributed by atoms with Gasteiger partial charge in [-0.1, -0.05) is 14.4 Å². The van der Waals surface area contributed by atoms with Crippen molar-refractivity contribution in [1.29, 1.82) is 0 Å². The maximum Gasteiger partial charge on any atom is 0.165 e. The van der Waals surface area contributed by atoms with Gasteiger partial charge in [0.25, 0.3) is 0 Å². The first-order valence-corrected chi connectivity index (χ1v) is 8.59. The highest BCUT2D eigenvalue weighted by atomic mass is 16.5. The van der Waals surface area contributed by atoms with E-state index in [0.717, 1.165) is 54.3 Å². The van der Waals surface area contributed by atoms with Gasteiger partial charge in [-0.3, -0.25) is 9.78 Å². The van der Waals surface area contributed by atoms with Crippen LogP contribution in [0, 0.1) is 12.8 Å². The molecule has 1 heterocycles. The number of hydrogen-bond donors (Lipinski definition) is 0. The van der Waals surface area contributed by atoms with E-state index in [-0.39, 0.29) is 19.1 Å². The molecule has 3 nitrogen and oxygen atoms in total. The maximum atomic E-state index is 12.8. The van der Waals surface area contributed by atoms with Gasteiger partial charge in [-0.25, -0.2) is 0 Å². The quantitative estimate of drug-likeness (QED) is 0.731. The number of hydrogen-bond acceptors (Lipinski definition) is 3. The van der Waals surface area contributed by atoms with Crippen LogP contribution in [0.3, 0.4) is 0 Å². The van der Waals surface area contributed by atoms with E-state index in [1.165, 1.54) is 5.56 Å². The normalized spacial score (nSPS) is 20.6. The van der Waals surface area contributed by atoms with Crippen molar-refractivity contribution in [3.8, 4) is 0 Å². The van der Waals surface area contributed by atoms with E-state index in [2.05, 4.69) is 18.0 Å². The largest absolute Gasteiger partial charge is 0.381 e. The molecule has 0 atom stereocenters. The summed E-state index contributed by atoms with van der Waals surface area (Å²) < 4.78 is 5.40. The lowest BCUT2D eigenvalue weighted by Crippen LogP contribution is -2.25. The zero-order valence-corrected chi connectivity index (χ0v) is 14.3. The maximum absolute atomic E-state index is 12.8. The first-order valence-electron chi connectivity index (χ1n) is 8.59. The molecule has 0 radical (unpaired) electrons. The zero-order valence-electron chi connectivity index (χ0n) is 14.3. The molecule has 24 heavy (non-hydrogen) atoms. The number of carbonyl (C=O) groups excluding carboxylic acids is 1. The summed E-state index contributed by atoms with van der Waals surface area (Å²) in [5, 5.41) is 1.07. The summed E-state index contributed by atoms with van der Waals surface area (Å²) in [4.78, 5) is 17.5. The van der Waals surface area contributed by atoms with Crippen molar-refractivity contribution in [3.63, 3.8) is 0 Å². The van der Waals surface area contributed by atoms with Crippen molar-refractivity contribution < 1.29 is 9.53 Å². The van der Waals surface area contributed by atoms with E-state index in [9.17, 15) is 4.79 Å². The minimum atomic E-state index is 0. The van der Waals surface area contributed by atoms with E-state index in [4.69, 9.17) is 4.74 Å². The Bertz CT molecular complexity index is 715. The van der Waals surface area contributed by atoms with Crippen LogP contribution in [0.2, 0.25) is 0 Å². The number of Topliss-reactive ketones (excluding diaryl/α,β-unsaturated/α-hetero) is 1. The van der Waals surface area contributed by atoms with Crippen molar-refractivity contribution in [2.45, 2.75) is 59.5 Å². The molecular formula is C21H29NO2. The second-order valence-corrected chi connectivity index (χ2v) is 6.57. The summed E-state index contributed by atoms with van der Waals surface area (Å²) >= 11 is 0. The molecule has 1 aromatic carbocycles. The molecule has 1 aliphatic rings. The van der Waals surface area contributed by atoms with Crippen LogP contribution in [0.1, 0.15) is 61.6 Å². The number of nitrogens with zero attached hydrogens (tertiary/aromatic N) is 1.